The van der Waals surface area contributed by atoms with Crippen molar-refractivity contribution in [1.29, 1.82) is 0 Å². The summed E-state index contributed by atoms with van der Waals surface area (Å²) in [7, 11) is 0. The molecule has 0 spiro atoms. The Morgan fingerprint density at radius 1 is 1.06 bits per heavy atom. The summed E-state index contributed by atoms with van der Waals surface area (Å²) >= 11 is 0. The van der Waals surface area contributed by atoms with Crippen LogP contribution in [-0.4, -0.2) is 34.7 Å². The molecular formula is C29H31NO5. The number of amides is 1. The lowest BCUT2D eigenvalue weighted by Gasteiger charge is -2.52. The van der Waals surface area contributed by atoms with Crippen LogP contribution in [0.5, 0.6) is 5.75 Å². The van der Waals surface area contributed by atoms with Gasteiger partial charge in [0.15, 0.2) is 6.61 Å². The second-order valence-corrected chi connectivity index (χ2v) is 10.3. The van der Waals surface area contributed by atoms with Crippen LogP contribution in [0, 0.1) is 5.92 Å². The summed E-state index contributed by atoms with van der Waals surface area (Å²) in [6.07, 6.45) is 7.04. The Kier molecular flexibility index (Phi) is 5.64. The maximum absolute atomic E-state index is 13.5. The van der Waals surface area contributed by atoms with Gasteiger partial charge in [0.1, 0.15) is 11.3 Å². The third kappa shape index (κ3) is 3.94. The Hall–Kier alpha value is -3.12. The van der Waals surface area contributed by atoms with Crippen LogP contribution in [-0.2, 0) is 17.6 Å². The van der Waals surface area contributed by atoms with Gasteiger partial charge in [-0.3, -0.25) is 4.79 Å². The molecule has 2 aliphatic carbocycles. The van der Waals surface area contributed by atoms with Gasteiger partial charge in [-0.15, -0.1) is 0 Å². The first-order chi connectivity index (χ1) is 17.0. The zero-order valence-corrected chi connectivity index (χ0v) is 19.9. The van der Waals surface area contributed by atoms with Gasteiger partial charge in [-0.05, 0) is 61.8 Å². The molecule has 6 nitrogen and oxygen atoms in total. The third-order valence-electron chi connectivity index (χ3n) is 8.34. The van der Waals surface area contributed by atoms with Crippen LogP contribution < -0.4 is 10.4 Å². The number of aliphatic hydroxyl groups is 1. The fraction of sp³-hybridized carbons (Fsp3) is 0.448. The second kappa shape index (κ2) is 8.83. The maximum Gasteiger partial charge on any atom is 0.339 e. The summed E-state index contributed by atoms with van der Waals surface area (Å²) in [5, 5.41) is 12.4. The quantitative estimate of drug-likeness (QED) is 0.562. The van der Waals surface area contributed by atoms with Gasteiger partial charge in [0.05, 0.1) is 11.6 Å². The highest BCUT2D eigenvalue weighted by Crippen LogP contribution is 2.49. The lowest BCUT2D eigenvalue weighted by Crippen LogP contribution is -2.56. The molecule has 3 aromatic rings. The molecule has 182 valence electrons. The molecule has 1 N–H and O–H groups in total. The molecule has 1 aromatic heterocycles. The van der Waals surface area contributed by atoms with Gasteiger partial charge in [0, 0.05) is 29.5 Å². The predicted molar refractivity (Wildman–Crippen MR) is 132 cm³/mol. The molecule has 35 heavy (non-hydrogen) atoms. The van der Waals surface area contributed by atoms with E-state index in [1.165, 1.54) is 0 Å². The van der Waals surface area contributed by atoms with Crippen molar-refractivity contribution in [1.82, 2.24) is 4.90 Å². The number of rotatable bonds is 4. The van der Waals surface area contributed by atoms with Crippen LogP contribution in [0.15, 0.2) is 57.7 Å². The molecule has 2 heterocycles. The van der Waals surface area contributed by atoms with Crippen LogP contribution in [0.3, 0.4) is 0 Å². The Balaban J connectivity index is 1.24. The van der Waals surface area contributed by atoms with Crippen LogP contribution in [0.25, 0.3) is 11.0 Å². The molecule has 6 heteroatoms. The summed E-state index contributed by atoms with van der Waals surface area (Å²) < 4.78 is 11.5. The highest BCUT2D eigenvalue weighted by atomic mass is 16.5. The normalized spacial score (nSPS) is 25.8. The van der Waals surface area contributed by atoms with Crippen molar-refractivity contribution in [2.75, 3.05) is 13.2 Å². The monoisotopic (exact) mass is 473 g/mol. The molecular weight excluding hydrogens is 442 g/mol. The van der Waals surface area contributed by atoms with E-state index in [-0.39, 0.29) is 30.1 Å². The van der Waals surface area contributed by atoms with E-state index >= 15 is 0 Å². The van der Waals surface area contributed by atoms with Gasteiger partial charge in [0.25, 0.3) is 5.91 Å². The molecule has 3 atom stereocenters. The van der Waals surface area contributed by atoms with E-state index in [0.29, 0.717) is 24.3 Å². The number of carbonyl (C=O) groups excluding carboxylic acids is 1. The smallest absolute Gasteiger partial charge is 0.339 e. The van der Waals surface area contributed by atoms with E-state index in [2.05, 4.69) is 12.1 Å². The number of likely N-dealkylation sites (tertiary alicyclic amines) is 1. The zero-order valence-electron chi connectivity index (χ0n) is 19.9. The van der Waals surface area contributed by atoms with E-state index in [9.17, 15) is 14.7 Å². The van der Waals surface area contributed by atoms with Gasteiger partial charge in [0.2, 0.25) is 0 Å². The largest absolute Gasteiger partial charge is 0.484 e. The summed E-state index contributed by atoms with van der Waals surface area (Å²) in [5.74, 6) is 0.435. The summed E-state index contributed by atoms with van der Waals surface area (Å²) in [6, 6.07) is 15.4. The second-order valence-electron chi connectivity index (χ2n) is 10.3. The van der Waals surface area contributed by atoms with Gasteiger partial charge in [-0.1, -0.05) is 43.2 Å². The number of benzene rings is 2. The van der Waals surface area contributed by atoms with Crippen molar-refractivity contribution in [3.8, 4) is 5.75 Å². The minimum Gasteiger partial charge on any atom is -0.484 e. The minimum absolute atomic E-state index is 0.0217. The third-order valence-corrected chi connectivity index (χ3v) is 8.34. The molecule has 0 radical (unpaired) electrons. The van der Waals surface area contributed by atoms with Crippen molar-refractivity contribution in [3.05, 3.63) is 75.6 Å². The Bertz CT molecular complexity index is 1320. The average molecular weight is 474 g/mol. The summed E-state index contributed by atoms with van der Waals surface area (Å²) in [5.41, 5.74) is 2.46. The number of hydrogen-bond acceptors (Lipinski definition) is 5. The van der Waals surface area contributed by atoms with Crippen molar-refractivity contribution < 1.29 is 19.1 Å². The van der Waals surface area contributed by atoms with Gasteiger partial charge in [-0.2, -0.15) is 0 Å². The zero-order chi connectivity index (χ0) is 24.0. The molecule has 1 saturated heterocycles. The molecule has 1 saturated carbocycles. The number of carbonyl (C=O) groups is 1. The molecule has 3 aliphatic rings. The lowest BCUT2D eigenvalue weighted by atomic mass is 9.66. The first-order valence-corrected chi connectivity index (χ1v) is 12.8. The summed E-state index contributed by atoms with van der Waals surface area (Å²) in [4.78, 5) is 27.7. The first kappa shape index (κ1) is 22.4. The van der Waals surface area contributed by atoms with Crippen molar-refractivity contribution >= 4 is 16.9 Å². The van der Waals surface area contributed by atoms with E-state index < -0.39 is 5.60 Å². The lowest BCUT2D eigenvalue weighted by molar-refractivity contribution is -0.157. The standard InChI is InChI=1S/C29H31NO5/c31-26(18-34-20-12-13-22-21-9-6-10-23(21)28(32)35-25(22)17-20)30-16-15-29(33)14-5-4-11-24(29)27(30)19-7-2-1-3-8-19/h1-3,7-8,12-13,17,24,27,33H,4-6,9-11,14-16,18H2/t24-,27+,29-/m1/s1. The first-order valence-electron chi connectivity index (χ1n) is 12.8. The Morgan fingerprint density at radius 3 is 2.74 bits per heavy atom. The maximum atomic E-state index is 13.5. The number of nitrogens with zero attached hydrogens (tertiary/aromatic N) is 1. The van der Waals surface area contributed by atoms with Gasteiger partial charge >= 0.3 is 5.63 Å². The minimum atomic E-state index is -0.716. The van der Waals surface area contributed by atoms with Crippen LogP contribution in [0.2, 0.25) is 0 Å². The van der Waals surface area contributed by atoms with Crippen molar-refractivity contribution in [2.45, 2.75) is 63.0 Å². The molecule has 2 fully saturated rings. The molecule has 6 rings (SSSR count). The van der Waals surface area contributed by atoms with Gasteiger partial charge < -0.3 is 19.2 Å². The molecule has 2 aromatic carbocycles. The molecule has 1 amide bonds. The fourth-order valence-electron chi connectivity index (χ4n) is 6.61. The van der Waals surface area contributed by atoms with E-state index in [1.807, 2.05) is 35.2 Å². The number of aryl methyl sites for hydroxylation is 1. The topological polar surface area (TPSA) is 80.0 Å². The van der Waals surface area contributed by atoms with Crippen molar-refractivity contribution in [3.63, 3.8) is 0 Å². The van der Waals surface area contributed by atoms with Crippen LogP contribution >= 0.6 is 0 Å². The number of fused-ring (bicyclic) bond motifs is 4. The summed E-state index contributed by atoms with van der Waals surface area (Å²) in [6.45, 7) is 0.405. The fourth-order valence-corrected chi connectivity index (χ4v) is 6.61. The van der Waals surface area contributed by atoms with Gasteiger partial charge in [-0.25, -0.2) is 4.79 Å². The SMILES string of the molecule is O=C(COc1ccc2c3c(c(=O)oc2c1)CCC3)N1CC[C@]2(O)CCCC[C@@H]2[C@@H]1c1ccccc1. The number of piperidine rings is 1. The molecule has 0 unspecified atom stereocenters. The highest BCUT2D eigenvalue weighted by molar-refractivity contribution is 5.83. The highest BCUT2D eigenvalue weighted by Gasteiger charge is 2.50. The Morgan fingerprint density at radius 2 is 1.89 bits per heavy atom. The van der Waals surface area contributed by atoms with E-state index in [0.717, 1.165) is 67.0 Å². The van der Waals surface area contributed by atoms with E-state index in [4.69, 9.17) is 9.15 Å². The average Bonchev–Trinajstić information content (AvgIpc) is 3.38. The predicted octanol–water partition coefficient (Wildman–Crippen LogP) is 4.56. The van der Waals surface area contributed by atoms with Crippen LogP contribution in [0.1, 0.15) is 61.3 Å². The van der Waals surface area contributed by atoms with E-state index in [1.54, 1.807) is 6.07 Å². The number of hydrogen-bond donors (Lipinski definition) is 1. The van der Waals surface area contributed by atoms with Crippen molar-refractivity contribution in [2.24, 2.45) is 5.92 Å². The molecule has 1 aliphatic heterocycles. The molecule has 0 bridgehead atoms. The Labute approximate surface area is 204 Å². The van der Waals surface area contributed by atoms with Crippen LogP contribution in [0.4, 0.5) is 0 Å². The number of ether oxygens (including phenoxy) is 1.